The molecule has 2 aromatic heterocycles. The van der Waals surface area contributed by atoms with Gasteiger partial charge < -0.3 is 9.52 Å². The summed E-state index contributed by atoms with van der Waals surface area (Å²) in [6.07, 6.45) is 1.17. The van der Waals surface area contributed by atoms with Crippen LogP contribution in [0.5, 0.6) is 0 Å². The number of hydrogen-bond acceptors (Lipinski definition) is 6. The molecule has 0 atom stereocenters. The predicted molar refractivity (Wildman–Crippen MR) is 57.9 cm³/mol. The maximum Gasteiger partial charge on any atom is 0.310 e. The number of carboxylic acid groups (broad SMARTS) is 1. The highest BCUT2D eigenvalue weighted by molar-refractivity contribution is 7.15. The van der Waals surface area contributed by atoms with Gasteiger partial charge in [0.2, 0.25) is 5.13 Å². The Morgan fingerprint density at radius 1 is 1.47 bits per heavy atom. The normalized spacial score (nSPS) is 10.1. The zero-order valence-corrected chi connectivity index (χ0v) is 9.23. The van der Waals surface area contributed by atoms with E-state index in [9.17, 15) is 9.59 Å². The number of carbonyl (C=O) groups excluding carboxylic acids is 1. The number of amides is 1. The first-order valence-corrected chi connectivity index (χ1v) is 5.36. The lowest BCUT2D eigenvalue weighted by Crippen LogP contribution is -2.10. The highest BCUT2D eigenvalue weighted by Crippen LogP contribution is 2.16. The Bertz CT molecular complexity index is 534. The molecule has 0 radical (unpaired) electrons. The van der Waals surface area contributed by atoms with E-state index in [2.05, 4.69) is 15.5 Å². The maximum absolute atomic E-state index is 11.5. The predicted octanol–water partition coefficient (Wildman–Crippen LogP) is 1.01. The molecule has 2 rings (SSSR count). The SMILES string of the molecule is O=C(O)Cc1nnc(NC(=O)c2ccco2)s1. The fourth-order valence-electron chi connectivity index (χ4n) is 1.07. The first-order chi connectivity index (χ1) is 8.15. The molecule has 0 aliphatic heterocycles. The van der Waals surface area contributed by atoms with Gasteiger partial charge in [0.1, 0.15) is 5.01 Å². The Kier molecular flexibility index (Phi) is 3.15. The van der Waals surface area contributed by atoms with Crippen LogP contribution in [-0.4, -0.2) is 27.2 Å². The Hall–Kier alpha value is -2.22. The van der Waals surface area contributed by atoms with Crippen LogP contribution < -0.4 is 5.32 Å². The molecule has 2 aromatic rings. The maximum atomic E-state index is 11.5. The Morgan fingerprint density at radius 3 is 2.94 bits per heavy atom. The summed E-state index contributed by atoms with van der Waals surface area (Å²) < 4.78 is 4.89. The van der Waals surface area contributed by atoms with Crippen molar-refractivity contribution in [3.05, 3.63) is 29.2 Å². The van der Waals surface area contributed by atoms with E-state index in [1.165, 1.54) is 12.3 Å². The minimum absolute atomic E-state index is 0.153. The molecule has 7 nitrogen and oxygen atoms in total. The van der Waals surface area contributed by atoms with E-state index in [0.29, 0.717) is 5.01 Å². The topological polar surface area (TPSA) is 105 Å². The van der Waals surface area contributed by atoms with Crippen LogP contribution in [0.2, 0.25) is 0 Å². The second-order valence-electron chi connectivity index (χ2n) is 3.00. The van der Waals surface area contributed by atoms with Gasteiger partial charge in [-0.1, -0.05) is 11.3 Å². The van der Waals surface area contributed by atoms with Gasteiger partial charge in [-0.25, -0.2) is 0 Å². The van der Waals surface area contributed by atoms with E-state index in [4.69, 9.17) is 9.52 Å². The lowest BCUT2D eigenvalue weighted by molar-refractivity contribution is -0.136. The van der Waals surface area contributed by atoms with Gasteiger partial charge in [-0.2, -0.15) is 0 Å². The molecule has 0 unspecified atom stereocenters. The van der Waals surface area contributed by atoms with Gasteiger partial charge in [0, 0.05) is 0 Å². The van der Waals surface area contributed by atoms with E-state index < -0.39 is 11.9 Å². The van der Waals surface area contributed by atoms with Crippen LogP contribution in [0.15, 0.2) is 22.8 Å². The highest BCUT2D eigenvalue weighted by atomic mass is 32.1. The van der Waals surface area contributed by atoms with Crippen molar-refractivity contribution in [2.75, 3.05) is 5.32 Å². The summed E-state index contributed by atoms with van der Waals surface area (Å²) in [5.74, 6) is -1.29. The quantitative estimate of drug-likeness (QED) is 0.842. The summed E-state index contributed by atoms with van der Waals surface area (Å²) in [5.41, 5.74) is 0. The first-order valence-electron chi connectivity index (χ1n) is 4.54. The molecule has 0 aliphatic carbocycles. The van der Waals surface area contributed by atoms with Crippen molar-refractivity contribution in [1.82, 2.24) is 10.2 Å². The Morgan fingerprint density at radius 2 is 2.29 bits per heavy atom. The lowest BCUT2D eigenvalue weighted by atomic mass is 10.4. The molecule has 0 fully saturated rings. The van der Waals surface area contributed by atoms with Crippen LogP contribution in [0.3, 0.4) is 0 Å². The zero-order chi connectivity index (χ0) is 12.3. The van der Waals surface area contributed by atoms with Crippen molar-refractivity contribution in [3.63, 3.8) is 0 Å². The smallest absolute Gasteiger partial charge is 0.310 e. The number of rotatable bonds is 4. The molecule has 0 saturated carbocycles. The van der Waals surface area contributed by atoms with E-state index >= 15 is 0 Å². The van der Waals surface area contributed by atoms with Gasteiger partial charge in [-0.05, 0) is 12.1 Å². The summed E-state index contributed by atoms with van der Waals surface area (Å²) in [6, 6.07) is 3.10. The number of carboxylic acids is 1. The second-order valence-corrected chi connectivity index (χ2v) is 4.06. The van der Waals surface area contributed by atoms with Crippen molar-refractivity contribution < 1.29 is 19.1 Å². The van der Waals surface area contributed by atoms with Crippen LogP contribution in [0.4, 0.5) is 5.13 Å². The van der Waals surface area contributed by atoms with Gasteiger partial charge in [0.05, 0.1) is 12.7 Å². The molecule has 2 N–H and O–H groups in total. The van der Waals surface area contributed by atoms with Gasteiger partial charge in [-0.3, -0.25) is 14.9 Å². The first kappa shape index (κ1) is 11.3. The number of aromatic nitrogens is 2. The fraction of sp³-hybridized carbons (Fsp3) is 0.111. The number of aliphatic carboxylic acids is 1. The standard InChI is InChI=1S/C9H7N3O4S/c13-7(14)4-6-11-12-9(17-6)10-8(15)5-2-1-3-16-5/h1-3H,4H2,(H,13,14)(H,10,12,15). The van der Waals surface area contributed by atoms with Crippen LogP contribution in [0.25, 0.3) is 0 Å². The number of anilines is 1. The molecule has 17 heavy (non-hydrogen) atoms. The Balaban J connectivity index is 2.02. The number of hydrogen-bond donors (Lipinski definition) is 2. The minimum Gasteiger partial charge on any atom is -0.481 e. The van der Waals surface area contributed by atoms with Gasteiger partial charge in [-0.15, -0.1) is 10.2 Å². The summed E-state index contributed by atoms with van der Waals surface area (Å²) in [5, 5.41) is 18.9. The third-order valence-electron chi connectivity index (χ3n) is 1.73. The fourth-order valence-corrected chi connectivity index (χ4v) is 1.80. The van der Waals surface area contributed by atoms with E-state index in [1.54, 1.807) is 6.07 Å². The van der Waals surface area contributed by atoms with Gasteiger partial charge >= 0.3 is 5.97 Å². The third kappa shape index (κ3) is 2.88. The number of carbonyl (C=O) groups is 2. The number of furan rings is 1. The van der Waals surface area contributed by atoms with Crippen LogP contribution >= 0.6 is 11.3 Å². The van der Waals surface area contributed by atoms with Crippen LogP contribution in [-0.2, 0) is 11.2 Å². The second kappa shape index (κ2) is 4.74. The van der Waals surface area contributed by atoms with E-state index in [1.807, 2.05) is 0 Å². The monoisotopic (exact) mass is 253 g/mol. The molecule has 0 spiro atoms. The van der Waals surface area contributed by atoms with Crippen molar-refractivity contribution >= 4 is 28.3 Å². The largest absolute Gasteiger partial charge is 0.481 e. The average molecular weight is 253 g/mol. The molecule has 1 amide bonds. The number of nitrogens with zero attached hydrogens (tertiary/aromatic N) is 2. The van der Waals surface area contributed by atoms with Crippen molar-refractivity contribution in [1.29, 1.82) is 0 Å². The van der Waals surface area contributed by atoms with Gasteiger partial charge in [0.25, 0.3) is 5.91 Å². The van der Waals surface area contributed by atoms with E-state index in [0.717, 1.165) is 11.3 Å². The third-order valence-corrected chi connectivity index (χ3v) is 2.57. The summed E-state index contributed by atoms with van der Waals surface area (Å²) in [4.78, 5) is 21.9. The minimum atomic E-state index is -0.995. The lowest BCUT2D eigenvalue weighted by Gasteiger charge is -1.95. The summed E-state index contributed by atoms with van der Waals surface area (Å²) in [6.45, 7) is 0. The number of nitrogens with one attached hydrogen (secondary N) is 1. The summed E-state index contributed by atoms with van der Waals surface area (Å²) >= 11 is 1.01. The molecular weight excluding hydrogens is 246 g/mol. The van der Waals surface area contributed by atoms with E-state index in [-0.39, 0.29) is 17.3 Å². The molecule has 0 aliphatic rings. The molecule has 0 aromatic carbocycles. The molecule has 88 valence electrons. The Labute approximate surface area is 99.1 Å². The van der Waals surface area contributed by atoms with Crippen molar-refractivity contribution in [2.24, 2.45) is 0 Å². The van der Waals surface area contributed by atoms with Crippen LogP contribution in [0.1, 0.15) is 15.6 Å². The molecule has 0 saturated heterocycles. The molecule has 0 bridgehead atoms. The molecular formula is C9H7N3O4S. The zero-order valence-electron chi connectivity index (χ0n) is 8.41. The highest BCUT2D eigenvalue weighted by Gasteiger charge is 2.13. The van der Waals surface area contributed by atoms with Crippen molar-refractivity contribution in [3.8, 4) is 0 Å². The summed E-state index contributed by atoms with van der Waals surface area (Å²) in [7, 11) is 0. The van der Waals surface area contributed by atoms with Crippen molar-refractivity contribution in [2.45, 2.75) is 6.42 Å². The molecule has 2 heterocycles. The van der Waals surface area contributed by atoms with Crippen LogP contribution in [0, 0.1) is 0 Å². The van der Waals surface area contributed by atoms with Gasteiger partial charge in [0.15, 0.2) is 5.76 Å². The average Bonchev–Trinajstić information content (AvgIpc) is 2.87. The molecule has 8 heteroatoms.